The number of rotatable bonds is 3. The van der Waals surface area contributed by atoms with Crippen molar-refractivity contribution >= 4 is 13.0 Å². The lowest BCUT2D eigenvalue weighted by molar-refractivity contribution is -0.145. The second-order valence-electron chi connectivity index (χ2n) is 7.24. The maximum atomic E-state index is 12.4. The zero-order valence-electron chi connectivity index (χ0n) is 13.9. The minimum atomic E-state index is -0.389. The second kappa shape index (κ2) is 5.35. The van der Waals surface area contributed by atoms with Crippen LogP contribution in [0.1, 0.15) is 36.8 Å². The molecule has 1 aromatic rings. The molecule has 3 unspecified atom stereocenters. The quantitative estimate of drug-likeness (QED) is 0.685. The Labute approximate surface area is 138 Å². The van der Waals surface area contributed by atoms with Crippen molar-refractivity contribution in [2.24, 2.45) is 11.8 Å². The van der Waals surface area contributed by atoms with E-state index in [1.165, 1.54) is 11.1 Å². The van der Waals surface area contributed by atoms with Gasteiger partial charge < -0.3 is 14.6 Å². The third kappa shape index (κ3) is 2.09. The molecular weight excluding hydrogens is 289 g/mol. The molecule has 23 heavy (non-hydrogen) atoms. The highest BCUT2D eigenvalue weighted by molar-refractivity contribution is 6.45. The molecule has 0 aromatic heterocycles. The first kappa shape index (κ1) is 15.2. The van der Waals surface area contributed by atoms with Gasteiger partial charge in [0.1, 0.15) is 0 Å². The molecule has 1 saturated heterocycles. The van der Waals surface area contributed by atoms with E-state index in [-0.39, 0.29) is 24.4 Å². The lowest BCUT2D eigenvalue weighted by Gasteiger charge is -2.42. The molecule has 1 saturated carbocycles. The molecule has 0 radical (unpaired) electrons. The summed E-state index contributed by atoms with van der Waals surface area (Å²) in [4.78, 5) is 14.5. The minimum absolute atomic E-state index is 0.0191. The number of carbonyl (C=O) groups is 1. The number of piperidine rings is 1. The average molecular weight is 313 g/mol. The highest BCUT2D eigenvalue weighted by Crippen LogP contribution is 2.72. The molecule has 1 N–H and O–H groups in total. The number of carbonyl (C=O) groups excluding carboxylic acids is 1. The maximum Gasteiger partial charge on any atom is 0.376 e. The van der Waals surface area contributed by atoms with Crippen molar-refractivity contribution in [2.45, 2.75) is 37.9 Å². The first-order chi connectivity index (χ1) is 11.1. The van der Waals surface area contributed by atoms with Crippen LogP contribution in [0.15, 0.2) is 24.3 Å². The van der Waals surface area contributed by atoms with Crippen molar-refractivity contribution in [2.75, 3.05) is 19.7 Å². The summed E-state index contributed by atoms with van der Waals surface area (Å²) in [6.45, 7) is 5.96. The van der Waals surface area contributed by atoms with Gasteiger partial charge >= 0.3 is 13.0 Å². The number of hydrogen-bond donors (Lipinski definition) is 1. The Balaban J connectivity index is 1.65. The SMILES string of the molecule is CCOC(=O)C1C2c3ccccc3C3(CCN(B(C)O)CC3)C12. The number of esters is 1. The molecule has 4 rings (SSSR count). The lowest BCUT2D eigenvalue weighted by Crippen LogP contribution is -2.49. The van der Waals surface area contributed by atoms with Gasteiger partial charge in [-0.3, -0.25) is 4.79 Å². The van der Waals surface area contributed by atoms with Crippen molar-refractivity contribution in [1.29, 1.82) is 0 Å². The zero-order valence-corrected chi connectivity index (χ0v) is 13.9. The van der Waals surface area contributed by atoms with Gasteiger partial charge in [0.2, 0.25) is 0 Å². The van der Waals surface area contributed by atoms with Gasteiger partial charge in [0.05, 0.1) is 12.5 Å². The topological polar surface area (TPSA) is 49.8 Å². The molecule has 1 spiro atoms. The van der Waals surface area contributed by atoms with Crippen molar-refractivity contribution in [3.63, 3.8) is 0 Å². The van der Waals surface area contributed by atoms with Crippen LogP contribution in [0.4, 0.5) is 0 Å². The van der Waals surface area contributed by atoms with Gasteiger partial charge in [-0.25, -0.2) is 0 Å². The predicted octanol–water partition coefficient (Wildman–Crippen LogP) is 2.04. The van der Waals surface area contributed by atoms with Crippen LogP contribution in [-0.4, -0.2) is 42.6 Å². The molecule has 0 amide bonds. The fourth-order valence-electron chi connectivity index (χ4n) is 5.24. The van der Waals surface area contributed by atoms with E-state index in [0.29, 0.717) is 18.4 Å². The highest BCUT2D eigenvalue weighted by Gasteiger charge is 2.70. The standard InChI is InChI=1S/C18H24BNO3/c1-3-23-17(21)15-14-12-6-4-5-7-13(12)18(16(14)15)8-10-20(11-9-18)19(2)22/h4-7,14-16,22H,3,8-11H2,1-2H3. The number of benzene rings is 1. The highest BCUT2D eigenvalue weighted by atomic mass is 16.5. The summed E-state index contributed by atoms with van der Waals surface area (Å²) in [5.41, 5.74) is 2.91. The minimum Gasteiger partial charge on any atom is -0.466 e. The molecule has 122 valence electrons. The molecule has 1 aliphatic heterocycles. The van der Waals surface area contributed by atoms with E-state index < -0.39 is 0 Å². The van der Waals surface area contributed by atoms with E-state index in [4.69, 9.17) is 4.74 Å². The largest absolute Gasteiger partial charge is 0.466 e. The van der Waals surface area contributed by atoms with Crippen LogP contribution < -0.4 is 0 Å². The van der Waals surface area contributed by atoms with Crippen LogP contribution in [-0.2, 0) is 14.9 Å². The van der Waals surface area contributed by atoms with Gasteiger partial charge in [-0.05, 0) is 56.7 Å². The molecule has 4 nitrogen and oxygen atoms in total. The van der Waals surface area contributed by atoms with E-state index in [2.05, 4.69) is 29.1 Å². The Bertz CT molecular complexity index is 624. The van der Waals surface area contributed by atoms with E-state index in [1.54, 1.807) is 0 Å². The summed E-state index contributed by atoms with van der Waals surface area (Å²) in [6, 6.07) is 8.65. The van der Waals surface area contributed by atoms with Gasteiger partial charge in [0, 0.05) is 11.3 Å². The summed E-state index contributed by atoms with van der Waals surface area (Å²) in [5.74, 6) is 0.774. The van der Waals surface area contributed by atoms with Gasteiger partial charge in [-0.15, -0.1) is 0 Å². The molecule has 3 atom stereocenters. The molecule has 2 fully saturated rings. The Kier molecular flexibility index (Phi) is 3.54. The van der Waals surface area contributed by atoms with Crippen LogP contribution >= 0.6 is 0 Å². The summed E-state index contributed by atoms with van der Waals surface area (Å²) in [6.07, 6.45) is 2.04. The van der Waals surface area contributed by atoms with Crippen molar-refractivity contribution < 1.29 is 14.6 Å². The van der Waals surface area contributed by atoms with Gasteiger partial charge in [0.15, 0.2) is 0 Å². The molecular formula is C18H24BNO3. The molecule has 5 heteroatoms. The van der Waals surface area contributed by atoms with E-state index in [1.807, 2.05) is 13.7 Å². The van der Waals surface area contributed by atoms with Crippen LogP contribution in [0.25, 0.3) is 0 Å². The third-order valence-electron chi connectivity index (χ3n) is 6.29. The van der Waals surface area contributed by atoms with Gasteiger partial charge in [-0.2, -0.15) is 0 Å². The van der Waals surface area contributed by atoms with Crippen molar-refractivity contribution in [1.82, 2.24) is 4.81 Å². The predicted molar refractivity (Wildman–Crippen MR) is 89.1 cm³/mol. The third-order valence-corrected chi connectivity index (χ3v) is 6.29. The van der Waals surface area contributed by atoms with Crippen LogP contribution in [0.5, 0.6) is 0 Å². The molecule has 3 aliphatic rings. The average Bonchev–Trinajstić information content (AvgIpc) is 3.25. The molecule has 1 aromatic carbocycles. The smallest absolute Gasteiger partial charge is 0.376 e. The lowest BCUT2D eigenvalue weighted by atomic mass is 9.67. The van der Waals surface area contributed by atoms with Gasteiger partial charge in [-0.1, -0.05) is 24.3 Å². The Morgan fingerprint density at radius 1 is 1.39 bits per heavy atom. The normalized spacial score (nSPS) is 30.7. The Hall–Kier alpha value is -1.33. The summed E-state index contributed by atoms with van der Waals surface area (Å²) in [5, 5.41) is 9.84. The monoisotopic (exact) mass is 313 g/mol. The van der Waals surface area contributed by atoms with Gasteiger partial charge in [0.25, 0.3) is 0 Å². The Morgan fingerprint density at radius 3 is 2.74 bits per heavy atom. The zero-order chi connectivity index (χ0) is 16.2. The summed E-state index contributed by atoms with van der Waals surface area (Å²) >= 11 is 0. The van der Waals surface area contributed by atoms with E-state index >= 15 is 0 Å². The van der Waals surface area contributed by atoms with Crippen LogP contribution in [0.3, 0.4) is 0 Å². The summed E-state index contributed by atoms with van der Waals surface area (Å²) < 4.78 is 5.32. The number of nitrogens with zero attached hydrogens (tertiary/aromatic N) is 1. The first-order valence-electron chi connectivity index (χ1n) is 8.78. The van der Waals surface area contributed by atoms with E-state index in [0.717, 1.165) is 25.9 Å². The van der Waals surface area contributed by atoms with Crippen LogP contribution in [0.2, 0.25) is 6.82 Å². The maximum absolute atomic E-state index is 12.4. The van der Waals surface area contributed by atoms with E-state index in [9.17, 15) is 9.82 Å². The fourth-order valence-corrected chi connectivity index (χ4v) is 5.24. The summed E-state index contributed by atoms with van der Waals surface area (Å²) in [7, 11) is -0.389. The molecule has 1 heterocycles. The molecule has 2 aliphatic carbocycles. The number of hydrogen-bond acceptors (Lipinski definition) is 4. The second-order valence-corrected chi connectivity index (χ2v) is 7.24. The van der Waals surface area contributed by atoms with Crippen LogP contribution in [0, 0.1) is 11.8 Å². The van der Waals surface area contributed by atoms with Crippen molar-refractivity contribution in [3.8, 4) is 0 Å². The first-order valence-corrected chi connectivity index (χ1v) is 8.78. The number of ether oxygens (including phenoxy) is 1. The Morgan fingerprint density at radius 2 is 2.09 bits per heavy atom. The van der Waals surface area contributed by atoms with Crippen molar-refractivity contribution in [3.05, 3.63) is 35.4 Å². The molecule has 0 bridgehead atoms. The number of fused-ring (bicyclic) bond motifs is 5. The fraction of sp³-hybridized carbons (Fsp3) is 0.611.